The number of anilines is 1. The van der Waals surface area contributed by atoms with E-state index in [9.17, 15) is 4.79 Å². The summed E-state index contributed by atoms with van der Waals surface area (Å²) in [7, 11) is 0. The molecule has 0 atom stereocenters. The third-order valence-corrected chi connectivity index (χ3v) is 2.19. The fraction of sp³-hybridized carbons (Fsp3) is 0.500. The second kappa shape index (κ2) is 4.72. The fourth-order valence-electron chi connectivity index (χ4n) is 1.54. The van der Waals surface area contributed by atoms with Crippen LogP contribution in [0.1, 0.15) is 30.8 Å². The first-order valence-corrected chi connectivity index (χ1v) is 4.94. The van der Waals surface area contributed by atoms with Crippen molar-refractivity contribution in [3.63, 3.8) is 0 Å². The molecule has 82 valence electrons. The molecule has 0 fully saturated rings. The average molecular weight is 209 g/mol. The first-order chi connectivity index (χ1) is 7.08. The van der Waals surface area contributed by atoms with Crippen molar-refractivity contribution in [3.8, 4) is 0 Å². The zero-order valence-electron chi connectivity index (χ0n) is 8.95. The van der Waals surface area contributed by atoms with Gasteiger partial charge in [0.15, 0.2) is 0 Å². The summed E-state index contributed by atoms with van der Waals surface area (Å²) in [5.74, 6) is -0.648. The summed E-state index contributed by atoms with van der Waals surface area (Å²) in [5, 5.41) is 8.79. The molecule has 0 saturated heterocycles. The number of aliphatic carboxylic acids is 1. The molecular formula is C10H15N3O2. The highest BCUT2D eigenvalue weighted by atomic mass is 16.4. The molecule has 1 aromatic rings. The van der Waals surface area contributed by atoms with Crippen molar-refractivity contribution in [2.24, 2.45) is 0 Å². The number of aromatic nitrogens is 2. The quantitative estimate of drug-likeness (QED) is 0.766. The number of hydrogen-bond acceptors (Lipinski definition) is 4. The molecule has 0 aliphatic rings. The van der Waals surface area contributed by atoms with Crippen molar-refractivity contribution in [3.05, 3.63) is 17.0 Å². The van der Waals surface area contributed by atoms with Crippen LogP contribution in [0.2, 0.25) is 0 Å². The highest BCUT2D eigenvalue weighted by Gasteiger charge is 2.13. The second-order valence-electron chi connectivity index (χ2n) is 3.23. The van der Waals surface area contributed by atoms with Crippen LogP contribution in [-0.4, -0.2) is 21.0 Å². The Kier molecular flexibility index (Phi) is 3.60. The Hall–Kier alpha value is -1.65. The van der Waals surface area contributed by atoms with Crippen molar-refractivity contribution in [1.29, 1.82) is 0 Å². The van der Waals surface area contributed by atoms with Gasteiger partial charge in [0.25, 0.3) is 0 Å². The molecule has 5 nitrogen and oxygen atoms in total. The van der Waals surface area contributed by atoms with Gasteiger partial charge in [-0.2, -0.15) is 0 Å². The maximum atomic E-state index is 10.7. The lowest BCUT2D eigenvalue weighted by Crippen LogP contribution is -2.12. The third kappa shape index (κ3) is 2.65. The SMILES string of the molecule is CCc1nc(N)nc(CC)c1CC(=O)O. The lowest BCUT2D eigenvalue weighted by atomic mass is 10.0. The lowest BCUT2D eigenvalue weighted by molar-refractivity contribution is -0.136. The van der Waals surface area contributed by atoms with Crippen LogP contribution in [0, 0.1) is 0 Å². The van der Waals surface area contributed by atoms with Gasteiger partial charge in [0.2, 0.25) is 5.95 Å². The number of aryl methyl sites for hydroxylation is 2. The first kappa shape index (κ1) is 11.4. The number of nitrogens with two attached hydrogens (primary N) is 1. The van der Waals surface area contributed by atoms with Gasteiger partial charge in [-0.15, -0.1) is 0 Å². The maximum Gasteiger partial charge on any atom is 0.307 e. The van der Waals surface area contributed by atoms with Crippen LogP contribution >= 0.6 is 0 Å². The van der Waals surface area contributed by atoms with Crippen LogP contribution in [0.5, 0.6) is 0 Å². The maximum absolute atomic E-state index is 10.7. The average Bonchev–Trinajstić information content (AvgIpc) is 2.19. The highest BCUT2D eigenvalue weighted by Crippen LogP contribution is 2.15. The first-order valence-electron chi connectivity index (χ1n) is 4.94. The Labute approximate surface area is 88.4 Å². The van der Waals surface area contributed by atoms with E-state index in [-0.39, 0.29) is 12.4 Å². The van der Waals surface area contributed by atoms with E-state index in [1.807, 2.05) is 13.8 Å². The van der Waals surface area contributed by atoms with Crippen molar-refractivity contribution < 1.29 is 9.90 Å². The number of carboxylic acid groups (broad SMARTS) is 1. The predicted octanol–water partition coefficient (Wildman–Crippen LogP) is 0.811. The monoisotopic (exact) mass is 209 g/mol. The van der Waals surface area contributed by atoms with E-state index in [4.69, 9.17) is 10.8 Å². The van der Waals surface area contributed by atoms with E-state index < -0.39 is 5.97 Å². The largest absolute Gasteiger partial charge is 0.481 e. The summed E-state index contributed by atoms with van der Waals surface area (Å²) in [6, 6.07) is 0. The minimum atomic E-state index is -0.868. The molecule has 15 heavy (non-hydrogen) atoms. The summed E-state index contributed by atoms with van der Waals surface area (Å²) in [5.41, 5.74) is 7.73. The summed E-state index contributed by atoms with van der Waals surface area (Å²) in [4.78, 5) is 18.8. The minimum absolute atomic E-state index is 0.0351. The van der Waals surface area contributed by atoms with Crippen LogP contribution in [0.4, 0.5) is 5.95 Å². The molecule has 1 heterocycles. The normalized spacial score (nSPS) is 10.3. The number of rotatable bonds is 4. The summed E-state index contributed by atoms with van der Waals surface area (Å²) in [6.07, 6.45) is 1.30. The van der Waals surface area contributed by atoms with Crippen molar-refractivity contribution in [1.82, 2.24) is 9.97 Å². The lowest BCUT2D eigenvalue weighted by Gasteiger charge is -2.10. The molecular weight excluding hydrogens is 194 g/mol. The van der Waals surface area contributed by atoms with Gasteiger partial charge in [-0.25, -0.2) is 9.97 Å². The van der Waals surface area contributed by atoms with E-state index in [1.54, 1.807) is 0 Å². The van der Waals surface area contributed by atoms with Gasteiger partial charge in [-0.05, 0) is 12.8 Å². The molecule has 0 spiro atoms. The third-order valence-electron chi connectivity index (χ3n) is 2.19. The Morgan fingerprint density at radius 3 is 2.07 bits per heavy atom. The van der Waals surface area contributed by atoms with Crippen molar-refractivity contribution in [2.75, 3.05) is 5.73 Å². The standard InChI is InChI=1S/C10H15N3O2/c1-3-7-6(5-9(14)15)8(4-2)13-10(11)12-7/h3-5H2,1-2H3,(H,14,15)(H2,11,12,13). The second-order valence-corrected chi connectivity index (χ2v) is 3.23. The van der Waals surface area contributed by atoms with Crippen LogP contribution in [0.15, 0.2) is 0 Å². The number of carbonyl (C=O) groups is 1. The molecule has 5 heteroatoms. The number of carboxylic acids is 1. The molecule has 1 aromatic heterocycles. The van der Waals surface area contributed by atoms with Gasteiger partial charge in [-0.3, -0.25) is 4.79 Å². The number of nitrogens with zero attached hydrogens (tertiary/aromatic N) is 2. The van der Waals surface area contributed by atoms with E-state index >= 15 is 0 Å². The van der Waals surface area contributed by atoms with Crippen LogP contribution in [-0.2, 0) is 24.1 Å². The highest BCUT2D eigenvalue weighted by molar-refractivity contribution is 5.71. The Morgan fingerprint density at radius 2 is 1.73 bits per heavy atom. The molecule has 0 aliphatic carbocycles. The van der Waals surface area contributed by atoms with Gasteiger partial charge >= 0.3 is 5.97 Å². The molecule has 3 N–H and O–H groups in total. The van der Waals surface area contributed by atoms with Crippen LogP contribution in [0.25, 0.3) is 0 Å². The Balaban J connectivity index is 3.23. The van der Waals surface area contributed by atoms with E-state index in [0.717, 1.165) is 11.4 Å². The molecule has 0 amide bonds. The number of nitrogen functional groups attached to an aromatic ring is 1. The van der Waals surface area contributed by atoms with Crippen LogP contribution < -0.4 is 5.73 Å². The molecule has 0 saturated carbocycles. The molecule has 0 radical (unpaired) electrons. The molecule has 1 rings (SSSR count). The summed E-state index contributed by atoms with van der Waals surface area (Å²) >= 11 is 0. The van der Waals surface area contributed by atoms with Gasteiger partial charge in [-0.1, -0.05) is 13.8 Å². The fourth-order valence-corrected chi connectivity index (χ4v) is 1.54. The van der Waals surface area contributed by atoms with E-state index in [0.29, 0.717) is 18.4 Å². The molecule has 0 aromatic carbocycles. The van der Waals surface area contributed by atoms with E-state index in [2.05, 4.69) is 9.97 Å². The van der Waals surface area contributed by atoms with Gasteiger partial charge in [0, 0.05) is 17.0 Å². The van der Waals surface area contributed by atoms with Gasteiger partial charge in [0.05, 0.1) is 6.42 Å². The number of hydrogen-bond donors (Lipinski definition) is 2. The zero-order valence-corrected chi connectivity index (χ0v) is 8.95. The van der Waals surface area contributed by atoms with Gasteiger partial charge < -0.3 is 10.8 Å². The van der Waals surface area contributed by atoms with Crippen molar-refractivity contribution >= 4 is 11.9 Å². The molecule has 0 unspecified atom stereocenters. The van der Waals surface area contributed by atoms with E-state index in [1.165, 1.54) is 0 Å². The zero-order chi connectivity index (χ0) is 11.4. The molecule has 0 aliphatic heterocycles. The summed E-state index contributed by atoms with van der Waals surface area (Å²) in [6.45, 7) is 3.85. The smallest absolute Gasteiger partial charge is 0.307 e. The predicted molar refractivity (Wildman–Crippen MR) is 56.5 cm³/mol. The van der Waals surface area contributed by atoms with Crippen molar-refractivity contribution in [2.45, 2.75) is 33.1 Å². The molecule has 0 bridgehead atoms. The Morgan fingerprint density at radius 1 is 1.27 bits per heavy atom. The summed E-state index contributed by atoms with van der Waals surface area (Å²) < 4.78 is 0. The topological polar surface area (TPSA) is 89.1 Å². The van der Waals surface area contributed by atoms with Crippen LogP contribution in [0.3, 0.4) is 0 Å². The Bertz CT molecular complexity index is 352. The minimum Gasteiger partial charge on any atom is -0.481 e. The van der Waals surface area contributed by atoms with Gasteiger partial charge in [0.1, 0.15) is 0 Å².